The van der Waals surface area contributed by atoms with E-state index in [4.69, 9.17) is 9.05 Å². The standard InChI is InChI=1S/C15H17O3P/c1-17-19(16,18-2)15(13-9-5-3-6-10-13)14-11-7-4-8-12-14/h3-12,15H,1-2H3. The lowest BCUT2D eigenvalue weighted by atomic mass is 10.0. The average Bonchev–Trinajstić information content (AvgIpc) is 2.49. The molecule has 0 heterocycles. The van der Waals surface area contributed by atoms with Gasteiger partial charge in [-0.15, -0.1) is 0 Å². The average molecular weight is 276 g/mol. The zero-order valence-electron chi connectivity index (χ0n) is 11.0. The van der Waals surface area contributed by atoms with Crippen LogP contribution in [0.25, 0.3) is 0 Å². The highest BCUT2D eigenvalue weighted by Gasteiger charge is 2.36. The van der Waals surface area contributed by atoms with Crippen LogP contribution in [-0.4, -0.2) is 14.2 Å². The van der Waals surface area contributed by atoms with Gasteiger partial charge in [0.1, 0.15) is 5.66 Å². The van der Waals surface area contributed by atoms with Crippen LogP contribution in [0.4, 0.5) is 0 Å². The summed E-state index contributed by atoms with van der Waals surface area (Å²) in [4.78, 5) is 0. The normalized spacial score (nSPS) is 11.7. The van der Waals surface area contributed by atoms with Crippen LogP contribution in [0.2, 0.25) is 0 Å². The molecule has 0 saturated carbocycles. The van der Waals surface area contributed by atoms with Gasteiger partial charge in [-0.1, -0.05) is 60.7 Å². The number of rotatable bonds is 5. The maximum absolute atomic E-state index is 12.8. The summed E-state index contributed by atoms with van der Waals surface area (Å²) in [5.74, 6) is 0. The van der Waals surface area contributed by atoms with E-state index in [-0.39, 0.29) is 0 Å². The first-order valence-electron chi connectivity index (χ1n) is 6.02. The van der Waals surface area contributed by atoms with E-state index in [9.17, 15) is 4.57 Å². The lowest BCUT2D eigenvalue weighted by Crippen LogP contribution is -2.05. The highest BCUT2D eigenvalue weighted by molar-refractivity contribution is 7.54. The number of hydrogen-bond donors (Lipinski definition) is 0. The Hall–Kier alpha value is -1.41. The molecule has 2 rings (SSSR count). The molecule has 4 heteroatoms. The molecule has 0 fully saturated rings. The van der Waals surface area contributed by atoms with E-state index in [2.05, 4.69) is 0 Å². The van der Waals surface area contributed by atoms with Gasteiger partial charge in [0.25, 0.3) is 0 Å². The van der Waals surface area contributed by atoms with E-state index >= 15 is 0 Å². The molecule has 2 aromatic carbocycles. The largest absolute Gasteiger partial charge is 0.341 e. The van der Waals surface area contributed by atoms with Crippen molar-refractivity contribution in [1.29, 1.82) is 0 Å². The lowest BCUT2D eigenvalue weighted by Gasteiger charge is -2.25. The van der Waals surface area contributed by atoms with E-state index in [0.717, 1.165) is 11.1 Å². The van der Waals surface area contributed by atoms with Crippen molar-refractivity contribution >= 4 is 7.60 Å². The Morgan fingerprint density at radius 1 is 0.789 bits per heavy atom. The molecule has 0 saturated heterocycles. The molecule has 0 aliphatic carbocycles. The van der Waals surface area contributed by atoms with Crippen LogP contribution in [0.5, 0.6) is 0 Å². The third-order valence-electron chi connectivity index (χ3n) is 3.06. The summed E-state index contributed by atoms with van der Waals surface area (Å²) in [6, 6.07) is 19.3. The zero-order chi connectivity index (χ0) is 13.7. The van der Waals surface area contributed by atoms with Gasteiger partial charge in [0.2, 0.25) is 0 Å². The van der Waals surface area contributed by atoms with Gasteiger partial charge >= 0.3 is 7.60 Å². The van der Waals surface area contributed by atoms with E-state index < -0.39 is 13.3 Å². The maximum Gasteiger partial charge on any atom is 0.341 e. The fourth-order valence-corrected chi connectivity index (χ4v) is 3.76. The Bertz CT molecular complexity index is 507. The smallest absolute Gasteiger partial charge is 0.311 e. The second kappa shape index (κ2) is 6.16. The maximum atomic E-state index is 12.8. The Morgan fingerprint density at radius 2 is 1.16 bits per heavy atom. The van der Waals surface area contributed by atoms with Crippen molar-refractivity contribution in [3.8, 4) is 0 Å². The van der Waals surface area contributed by atoms with Crippen molar-refractivity contribution in [2.75, 3.05) is 14.2 Å². The molecule has 0 aromatic heterocycles. The van der Waals surface area contributed by atoms with Gasteiger partial charge in [-0.3, -0.25) is 4.57 Å². The predicted molar refractivity (Wildman–Crippen MR) is 76.4 cm³/mol. The Balaban J connectivity index is 2.55. The molecule has 19 heavy (non-hydrogen) atoms. The zero-order valence-corrected chi connectivity index (χ0v) is 11.9. The molecule has 2 aromatic rings. The van der Waals surface area contributed by atoms with Gasteiger partial charge in [-0.05, 0) is 11.1 Å². The molecule has 0 spiro atoms. The molecule has 0 unspecified atom stereocenters. The minimum absolute atomic E-state index is 0.412. The van der Waals surface area contributed by atoms with Crippen molar-refractivity contribution in [1.82, 2.24) is 0 Å². The summed E-state index contributed by atoms with van der Waals surface area (Å²) in [5, 5.41) is 0. The highest BCUT2D eigenvalue weighted by atomic mass is 31.2. The van der Waals surface area contributed by atoms with Crippen molar-refractivity contribution in [2.45, 2.75) is 5.66 Å². The molecule has 100 valence electrons. The van der Waals surface area contributed by atoms with E-state index in [1.165, 1.54) is 14.2 Å². The molecular formula is C15H17O3P. The third kappa shape index (κ3) is 2.95. The lowest BCUT2D eigenvalue weighted by molar-refractivity contribution is 0.270. The minimum atomic E-state index is -3.24. The van der Waals surface area contributed by atoms with Crippen LogP contribution in [-0.2, 0) is 13.6 Å². The quantitative estimate of drug-likeness (QED) is 0.765. The predicted octanol–water partition coefficient (Wildman–Crippen LogP) is 4.26. The molecule has 0 aliphatic heterocycles. The SMILES string of the molecule is COP(=O)(OC)C(c1ccccc1)c1ccccc1. The second-order valence-corrected chi connectivity index (χ2v) is 6.46. The summed E-state index contributed by atoms with van der Waals surface area (Å²) in [6.07, 6.45) is 0. The topological polar surface area (TPSA) is 35.5 Å². The van der Waals surface area contributed by atoms with Crippen molar-refractivity contribution in [3.05, 3.63) is 71.8 Å². The van der Waals surface area contributed by atoms with Crippen molar-refractivity contribution in [2.24, 2.45) is 0 Å². The summed E-state index contributed by atoms with van der Waals surface area (Å²) in [7, 11) is -0.395. The van der Waals surface area contributed by atoms with E-state index in [0.29, 0.717) is 0 Å². The van der Waals surface area contributed by atoms with Gasteiger partial charge < -0.3 is 9.05 Å². The van der Waals surface area contributed by atoms with Gasteiger partial charge in [0.15, 0.2) is 0 Å². The molecule has 0 aliphatic rings. The molecule has 0 atom stereocenters. The Kier molecular flexibility index (Phi) is 4.54. The fourth-order valence-electron chi connectivity index (χ4n) is 2.11. The molecular weight excluding hydrogens is 259 g/mol. The third-order valence-corrected chi connectivity index (χ3v) is 5.30. The molecule has 0 bridgehead atoms. The number of hydrogen-bond acceptors (Lipinski definition) is 3. The van der Waals surface area contributed by atoms with Crippen LogP contribution in [0.1, 0.15) is 16.8 Å². The summed E-state index contributed by atoms with van der Waals surface area (Å²) in [6.45, 7) is 0. The van der Waals surface area contributed by atoms with Crippen LogP contribution >= 0.6 is 7.60 Å². The van der Waals surface area contributed by atoms with Crippen LogP contribution < -0.4 is 0 Å². The van der Waals surface area contributed by atoms with E-state index in [1.807, 2.05) is 60.7 Å². The number of benzene rings is 2. The molecule has 0 N–H and O–H groups in total. The summed E-state index contributed by atoms with van der Waals surface area (Å²) < 4.78 is 23.2. The molecule has 0 amide bonds. The fraction of sp³-hybridized carbons (Fsp3) is 0.200. The van der Waals surface area contributed by atoms with Gasteiger partial charge in [0, 0.05) is 14.2 Å². The highest BCUT2D eigenvalue weighted by Crippen LogP contribution is 2.62. The summed E-state index contributed by atoms with van der Waals surface area (Å²) in [5.41, 5.74) is 1.42. The Morgan fingerprint density at radius 3 is 1.47 bits per heavy atom. The first kappa shape index (κ1) is 14.0. The molecule has 0 radical (unpaired) electrons. The summed E-state index contributed by atoms with van der Waals surface area (Å²) >= 11 is 0. The van der Waals surface area contributed by atoms with Crippen LogP contribution in [0.15, 0.2) is 60.7 Å². The Labute approximate surface area is 113 Å². The first-order chi connectivity index (χ1) is 9.21. The first-order valence-corrected chi connectivity index (χ1v) is 7.63. The van der Waals surface area contributed by atoms with Gasteiger partial charge in [-0.25, -0.2) is 0 Å². The van der Waals surface area contributed by atoms with E-state index in [1.54, 1.807) is 0 Å². The van der Waals surface area contributed by atoms with Crippen LogP contribution in [0, 0.1) is 0 Å². The van der Waals surface area contributed by atoms with Gasteiger partial charge in [0.05, 0.1) is 0 Å². The van der Waals surface area contributed by atoms with Crippen molar-refractivity contribution < 1.29 is 13.6 Å². The van der Waals surface area contributed by atoms with Crippen LogP contribution in [0.3, 0.4) is 0 Å². The monoisotopic (exact) mass is 276 g/mol. The minimum Gasteiger partial charge on any atom is -0.311 e. The van der Waals surface area contributed by atoms with Crippen molar-refractivity contribution in [3.63, 3.8) is 0 Å². The van der Waals surface area contributed by atoms with Gasteiger partial charge in [-0.2, -0.15) is 0 Å². The molecule has 3 nitrogen and oxygen atoms in total. The second-order valence-electron chi connectivity index (χ2n) is 4.13.